The molecule has 3 heterocycles. The number of H-pyrrole nitrogens is 1. The summed E-state index contributed by atoms with van der Waals surface area (Å²) in [5, 5.41) is 7.50. The van der Waals surface area contributed by atoms with E-state index in [1.807, 2.05) is 17.9 Å². The largest absolute Gasteiger partial charge is 0.440 e. The van der Waals surface area contributed by atoms with E-state index in [1.165, 1.54) is 0 Å². The molecular formula is C14H16ClN3O2. The lowest BCUT2D eigenvalue weighted by Gasteiger charge is -2.31. The number of hydrogen-bond acceptors (Lipinski definition) is 3. The van der Waals surface area contributed by atoms with Gasteiger partial charge in [0, 0.05) is 24.7 Å². The van der Waals surface area contributed by atoms with Crippen LogP contribution < -0.4 is 0 Å². The molecule has 1 aliphatic rings. The first kappa shape index (κ1) is 13.2. The molecule has 20 heavy (non-hydrogen) atoms. The Labute approximate surface area is 121 Å². The summed E-state index contributed by atoms with van der Waals surface area (Å²) in [6.45, 7) is 3.39. The van der Waals surface area contributed by atoms with Crippen LogP contribution >= 0.6 is 11.6 Å². The van der Waals surface area contributed by atoms with Crippen molar-refractivity contribution < 1.29 is 9.21 Å². The third kappa shape index (κ3) is 2.58. The standard InChI is InChI=1S/C14H16ClN3O2/c1-9-7-11(17-16-9)10-3-2-6-18(8-10)14(19)12-4-5-13(15)20-12/h4-5,7,10H,2-3,6,8H2,1H3,(H,16,17)/t10-/m1/s1. The topological polar surface area (TPSA) is 62.1 Å². The number of nitrogens with zero attached hydrogens (tertiary/aromatic N) is 2. The van der Waals surface area contributed by atoms with Crippen LogP contribution in [-0.2, 0) is 0 Å². The molecule has 0 bridgehead atoms. The highest BCUT2D eigenvalue weighted by Crippen LogP contribution is 2.27. The second-order valence-corrected chi connectivity index (χ2v) is 5.54. The number of amides is 1. The summed E-state index contributed by atoms with van der Waals surface area (Å²) in [7, 11) is 0. The summed E-state index contributed by atoms with van der Waals surface area (Å²) in [5.74, 6) is 0.478. The first-order valence-corrected chi connectivity index (χ1v) is 7.08. The molecule has 0 unspecified atom stereocenters. The average Bonchev–Trinajstić information content (AvgIpc) is 3.07. The number of likely N-dealkylation sites (tertiary alicyclic amines) is 1. The molecule has 1 atom stereocenters. The van der Waals surface area contributed by atoms with E-state index in [-0.39, 0.29) is 17.0 Å². The molecule has 3 rings (SSSR count). The fourth-order valence-electron chi connectivity index (χ4n) is 2.64. The minimum Gasteiger partial charge on any atom is -0.440 e. The van der Waals surface area contributed by atoms with E-state index in [9.17, 15) is 4.79 Å². The maximum absolute atomic E-state index is 12.3. The number of piperidine rings is 1. The Balaban J connectivity index is 1.73. The minimum atomic E-state index is -0.103. The van der Waals surface area contributed by atoms with Crippen molar-refractivity contribution in [2.45, 2.75) is 25.7 Å². The van der Waals surface area contributed by atoms with Crippen LogP contribution in [-0.4, -0.2) is 34.1 Å². The van der Waals surface area contributed by atoms with Crippen molar-refractivity contribution >= 4 is 17.5 Å². The fourth-order valence-corrected chi connectivity index (χ4v) is 2.78. The van der Waals surface area contributed by atoms with E-state index >= 15 is 0 Å². The van der Waals surface area contributed by atoms with E-state index in [0.717, 1.165) is 30.8 Å². The first-order valence-electron chi connectivity index (χ1n) is 6.70. The molecule has 0 spiro atoms. The van der Waals surface area contributed by atoms with Crippen molar-refractivity contribution in [3.8, 4) is 0 Å². The SMILES string of the molecule is Cc1cc([C@@H]2CCCN(C(=O)c3ccc(Cl)o3)C2)n[nH]1. The highest BCUT2D eigenvalue weighted by molar-refractivity contribution is 6.29. The second-order valence-electron chi connectivity index (χ2n) is 5.17. The molecule has 5 nitrogen and oxygen atoms in total. The van der Waals surface area contributed by atoms with Crippen LogP contribution in [0.15, 0.2) is 22.6 Å². The number of carbonyl (C=O) groups is 1. The van der Waals surface area contributed by atoms with Crippen LogP contribution in [0.5, 0.6) is 0 Å². The van der Waals surface area contributed by atoms with E-state index in [1.54, 1.807) is 12.1 Å². The number of aromatic nitrogens is 2. The number of carbonyl (C=O) groups excluding carboxylic acids is 1. The van der Waals surface area contributed by atoms with E-state index in [2.05, 4.69) is 10.2 Å². The number of aryl methyl sites for hydroxylation is 1. The van der Waals surface area contributed by atoms with Gasteiger partial charge < -0.3 is 9.32 Å². The molecule has 2 aromatic rings. The van der Waals surface area contributed by atoms with Crippen LogP contribution in [0.2, 0.25) is 5.22 Å². The summed E-state index contributed by atoms with van der Waals surface area (Å²) in [4.78, 5) is 14.2. The number of halogens is 1. The highest BCUT2D eigenvalue weighted by atomic mass is 35.5. The Morgan fingerprint density at radius 2 is 2.40 bits per heavy atom. The first-order chi connectivity index (χ1) is 9.63. The number of nitrogens with one attached hydrogen (secondary N) is 1. The van der Waals surface area contributed by atoms with Gasteiger partial charge in [0.2, 0.25) is 0 Å². The summed E-state index contributed by atoms with van der Waals surface area (Å²) >= 11 is 5.72. The van der Waals surface area contributed by atoms with Crippen molar-refractivity contribution in [3.05, 3.63) is 40.6 Å². The summed E-state index contributed by atoms with van der Waals surface area (Å²) in [6.07, 6.45) is 2.02. The lowest BCUT2D eigenvalue weighted by molar-refractivity contribution is 0.0674. The Morgan fingerprint density at radius 3 is 3.05 bits per heavy atom. The van der Waals surface area contributed by atoms with Gasteiger partial charge in [-0.1, -0.05) is 0 Å². The predicted molar refractivity (Wildman–Crippen MR) is 74.9 cm³/mol. The van der Waals surface area contributed by atoms with Gasteiger partial charge in [-0.15, -0.1) is 0 Å². The van der Waals surface area contributed by atoms with E-state index in [0.29, 0.717) is 12.3 Å². The Morgan fingerprint density at radius 1 is 1.55 bits per heavy atom. The molecular weight excluding hydrogens is 278 g/mol. The van der Waals surface area contributed by atoms with Crippen LogP contribution in [0.25, 0.3) is 0 Å². The van der Waals surface area contributed by atoms with Crippen molar-refractivity contribution in [2.24, 2.45) is 0 Å². The number of aromatic amines is 1. The van der Waals surface area contributed by atoms with Gasteiger partial charge in [0.15, 0.2) is 11.0 Å². The Kier molecular flexibility index (Phi) is 3.53. The van der Waals surface area contributed by atoms with E-state index < -0.39 is 0 Å². The number of hydrogen-bond donors (Lipinski definition) is 1. The third-order valence-corrected chi connectivity index (χ3v) is 3.84. The summed E-state index contributed by atoms with van der Waals surface area (Å²) in [5.41, 5.74) is 2.07. The van der Waals surface area contributed by atoms with Crippen LogP contribution in [0.4, 0.5) is 0 Å². The van der Waals surface area contributed by atoms with Crippen molar-refractivity contribution in [1.29, 1.82) is 0 Å². The summed E-state index contributed by atoms with van der Waals surface area (Å²) in [6, 6.07) is 5.25. The zero-order valence-electron chi connectivity index (χ0n) is 11.2. The molecule has 106 valence electrons. The fraction of sp³-hybridized carbons (Fsp3) is 0.429. The lowest BCUT2D eigenvalue weighted by Crippen LogP contribution is -2.39. The maximum atomic E-state index is 12.3. The highest BCUT2D eigenvalue weighted by Gasteiger charge is 2.28. The van der Waals surface area contributed by atoms with Gasteiger partial charge in [0.1, 0.15) is 0 Å². The van der Waals surface area contributed by atoms with Crippen LogP contribution in [0.3, 0.4) is 0 Å². The van der Waals surface area contributed by atoms with Gasteiger partial charge in [-0.25, -0.2) is 0 Å². The average molecular weight is 294 g/mol. The Hall–Kier alpha value is -1.75. The zero-order chi connectivity index (χ0) is 14.1. The Bertz CT molecular complexity index is 619. The molecule has 1 fully saturated rings. The van der Waals surface area contributed by atoms with Crippen molar-refractivity contribution in [1.82, 2.24) is 15.1 Å². The quantitative estimate of drug-likeness (QED) is 0.926. The van der Waals surface area contributed by atoms with Crippen molar-refractivity contribution in [2.75, 3.05) is 13.1 Å². The normalized spacial score (nSPS) is 19.3. The maximum Gasteiger partial charge on any atom is 0.289 e. The zero-order valence-corrected chi connectivity index (χ0v) is 12.0. The lowest BCUT2D eigenvalue weighted by atomic mass is 9.94. The second kappa shape index (κ2) is 5.32. The van der Waals surface area contributed by atoms with Gasteiger partial charge in [-0.2, -0.15) is 5.10 Å². The molecule has 0 saturated carbocycles. The van der Waals surface area contributed by atoms with Gasteiger partial charge in [0.25, 0.3) is 5.91 Å². The number of furan rings is 1. The molecule has 2 aromatic heterocycles. The molecule has 1 saturated heterocycles. The van der Waals surface area contributed by atoms with E-state index in [4.69, 9.17) is 16.0 Å². The third-order valence-electron chi connectivity index (χ3n) is 3.64. The monoisotopic (exact) mass is 293 g/mol. The molecule has 0 aliphatic carbocycles. The molecule has 6 heteroatoms. The molecule has 0 aromatic carbocycles. The van der Waals surface area contributed by atoms with Gasteiger partial charge in [-0.3, -0.25) is 9.89 Å². The smallest absolute Gasteiger partial charge is 0.289 e. The molecule has 1 amide bonds. The van der Waals surface area contributed by atoms with Gasteiger partial charge >= 0.3 is 0 Å². The molecule has 1 aliphatic heterocycles. The van der Waals surface area contributed by atoms with Crippen molar-refractivity contribution in [3.63, 3.8) is 0 Å². The minimum absolute atomic E-state index is 0.103. The number of rotatable bonds is 2. The van der Waals surface area contributed by atoms with Crippen LogP contribution in [0.1, 0.15) is 40.7 Å². The van der Waals surface area contributed by atoms with Gasteiger partial charge in [0.05, 0.1) is 5.69 Å². The summed E-state index contributed by atoms with van der Waals surface area (Å²) < 4.78 is 5.20. The molecule has 1 N–H and O–H groups in total. The van der Waals surface area contributed by atoms with Crippen LogP contribution in [0, 0.1) is 6.92 Å². The predicted octanol–water partition coefficient (Wildman–Crippen LogP) is 2.98. The molecule has 0 radical (unpaired) electrons. The van der Waals surface area contributed by atoms with Gasteiger partial charge in [-0.05, 0) is 49.6 Å².